The molecule has 1 saturated carbocycles. The van der Waals surface area contributed by atoms with E-state index in [1.807, 2.05) is 0 Å². The van der Waals surface area contributed by atoms with Crippen LogP contribution in [0, 0.1) is 0 Å². The molecule has 0 aromatic carbocycles. The van der Waals surface area contributed by atoms with Gasteiger partial charge in [0.2, 0.25) is 0 Å². The van der Waals surface area contributed by atoms with Gasteiger partial charge >= 0.3 is 0 Å². The molecule has 0 saturated heterocycles. The molecular weight excluding hydrogens is 174 g/mol. The van der Waals surface area contributed by atoms with Gasteiger partial charge in [-0.05, 0) is 12.8 Å². The maximum absolute atomic E-state index is 4.62. The van der Waals surface area contributed by atoms with Crippen LogP contribution >= 0.6 is 0 Å². The summed E-state index contributed by atoms with van der Waals surface area (Å²) >= 11 is 0. The summed E-state index contributed by atoms with van der Waals surface area (Å²) in [5.41, 5.74) is 0. The van der Waals surface area contributed by atoms with Gasteiger partial charge in [0.05, 0.1) is 6.04 Å². The maximum atomic E-state index is 4.62. The third-order valence-corrected chi connectivity index (χ3v) is 2.60. The van der Waals surface area contributed by atoms with Crippen molar-refractivity contribution in [3.8, 4) is 0 Å². The first-order valence-corrected chi connectivity index (χ1v) is 5.56. The number of hydrogen-bond acceptors (Lipinski definition) is 2. The summed E-state index contributed by atoms with van der Waals surface area (Å²) in [5, 5.41) is 4.60. The van der Waals surface area contributed by atoms with Crippen molar-refractivity contribution in [1.29, 1.82) is 0 Å². The Morgan fingerprint density at radius 1 is 1.14 bits per heavy atom. The fourth-order valence-corrected chi connectivity index (χ4v) is 1.58. The topological polar surface area (TPSA) is 30.7 Å². The molecule has 0 spiro atoms. The van der Waals surface area contributed by atoms with Crippen LogP contribution in [0.5, 0.6) is 0 Å². The van der Waals surface area contributed by atoms with E-state index in [2.05, 4.69) is 42.5 Å². The Balaban J connectivity index is 2.35. The van der Waals surface area contributed by atoms with Gasteiger partial charge in [-0.1, -0.05) is 27.7 Å². The third-order valence-electron chi connectivity index (χ3n) is 2.60. The Hall–Kier alpha value is -0.860. The third kappa shape index (κ3) is 1.68. The van der Waals surface area contributed by atoms with Crippen molar-refractivity contribution >= 4 is 0 Å². The van der Waals surface area contributed by atoms with Crippen LogP contribution < -0.4 is 0 Å². The second-order valence-corrected chi connectivity index (χ2v) is 4.81. The first-order valence-electron chi connectivity index (χ1n) is 5.56. The van der Waals surface area contributed by atoms with E-state index in [1.54, 1.807) is 0 Å². The Morgan fingerprint density at radius 2 is 1.79 bits per heavy atom. The molecule has 1 aromatic heterocycles. The summed E-state index contributed by atoms with van der Waals surface area (Å²) in [5.74, 6) is 3.08. The van der Waals surface area contributed by atoms with E-state index in [0.29, 0.717) is 17.9 Å². The molecule has 0 N–H and O–H groups in total. The normalized spacial score (nSPS) is 17.0. The summed E-state index contributed by atoms with van der Waals surface area (Å²) in [4.78, 5) is 4.62. The van der Waals surface area contributed by atoms with Gasteiger partial charge < -0.3 is 0 Å². The Labute approximate surface area is 85.5 Å². The van der Waals surface area contributed by atoms with Gasteiger partial charge in [0, 0.05) is 11.8 Å². The minimum Gasteiger partial charge on any atom is -0.246 e. The molecule has 2 rings (SSSR count). The SMILES string of the molecule is CC(C)c1nc(C(C)C)n(C2CC2)n1. The molecule has 0 atom stereocenters. The van der Waals surface area contributed by atoms with Crippen LogP contribution in [0.15, 0.2) is 0 Å². The van der Waals surface area contributed by atoms with Crippen LogP contribution in [0.1, 0.15) is 70.1 Å². The standard InChI is InChI=1S/C11H19N3/c1-7(2)10-12-11(8(3)4)14(13-10)9-5-6-9/h7-9H,5-6H2,1-4H3. The second kappa shape index (κ2) is 3.37. The zero-order valence-electron chi connectivity index (χ0n) is 9.49. The number of hydrogen-bond donors (Lipinski definition) is 0. The number of aromatic nitrogens is 3. The first-order chi connectivity index (χ1) is 6.59. The molecule has 0 aliphatic heterocycles. The van der Waals surface area contributed by atoms with E-state index in [9.17, 15) is 0 Å². The van der Waals surface area contributed by atoms with Crippen LogP contribution in [0.2, 0.25) is 0 Å². The van der Waals surface area contributed by atoms with Crippen LogP contribution in [0.4, 0.5) is 0 Å². The van der Waals surface area contributed by atoms with E-state index in [4.69, 9.17) is 0 Å². The highest BCUT2D eigenvalue weighted by molar-refractivity contribution is 5.04. The largest absolute Gasteiger partial charge is 0.246 e. The van der Waals surface area contributed by atoms with E-state index < -0.39 is 0 Å². The van der Waals surface area contributed by atoms with Crippen molar-refractivity contribution in [2.45, 2.75) is 58.4 Å². The van der Waals surface area contributed by atoms with Gasteiger partial charge in [-0.2, -0.15) is 5.10 Å². The minimum absolute atomic E-state index is 0.437. The molecule has 3 nitrogen and oxygen atoms in total. The summed E-state index contributed by atoms with van der Waals surface area (Å²) < 4.78 is 2.15. The molecule has 1 aliphatic rings. The molecule has 1 aromatic rings. The molecule has 14 heavy (non-hydrogen) atoms. The summed E-state index contributed by atoms with van der Waals surface area (Å²) in [6.45, 7) is 8.67. The fraction of sp³-hybridized carbons (Fsp3) is 0.818. The van der Waals surface area contributed by atoms with E-state index in [-0.39, 0.29) is 0 Å². The maximum Gasteiger partial charge on any atom is 0.153 e. The predicted octanol–water partition coefficient (Wildman–Crippen LogP) is 2.86. The Morgan fingerprint density at radius 3 is 2.21 bits per heavy atom. The second-order valence-electron chi connectivity index (χ2n) is 4.81. The van der Waals surface area contributed by atoms with Crippen LogP contribution in [-0.2, 0) is 0 Å². The predicted molar refractivity (Wildman–Crippen MR) is 56.5 cm³/mol. The number of nitrogens with zero attached hydrogens (tertiary/aromatic N) is 3. The molecular formula is C11H19N3. The Kier molecular flexibility index (Phi) is 2.33. The van der Waals surface area contributed by atoms with Gasteiger partial charge in [0.25, 0.3) is 0 Å². The highest BCUT2D eigenvalue weighted by Gasteiger charge is 2.29. The van der Waals surface area contributed by atoms with Crippen molar-refractivity contribution < 1.29 is 0 Å². The lowest BCUT2D eigenvalue weighted by atomic mass is 10.2. The van der Waals surface area contributed by atoms with Gasteiger partial charge in [-0.25, -0.2) is 9.67 Å². The average molecular weight is 193 g/mol. The number of rotatable bonds is 3. The minimum atomic E-state index is 0.437. The van der Waals surface area contributed by atoms with Gasteiger partial charge in [0.1, 0.15) is 5.82 Å². The van der Waals surface area contributed by atoms with Crippen molar-refractivity contribution in [2.75, 3.05) is 0 Å². The van der Waals surface area contributed by atoms with Crippen molar-refractivity contribution in [3.05, 3.63) is 11.6 Å². The van der Waals surface area contributed by atoms with Crippen molar-refractivity contribution in [1.82, 2.24) is 14.8 Å². The molecule has 3 heteroatoms. The highest BCUT2D eigenvalue weighted by Crippen LogP contribution is 2.36. The van der Waals surface area contributed by atoms with Crippen LogP contribution in [-0.4, -0.2) is 14.8 Å². The summed E-state index contributed by atoms with van der Waals surface area (Å²) in [6.07, 6.45) is 2.56. The molecule has 78 valence electrons. The van der Waals surface area contributed by atoms with Crippen LogP contribution in [0.25, 0.3) is 0 Å². The van der Waals surface area contributed by atoms with E-state index >= 15 is 0 Å². The summed E-state index contributed by atoms with van der Waals surface area (Å²) in [7, 11) is 0. The monoisotopic (exact) mass is 193 g/mol. The molecule has 0 amide bonds. The van der Waals surface area contributed by atoms with Gasteiger partial charge in [-0.15, -0.1) is 0 Å². The lowest BCUT2D eigenvalue weighted by Crippen LogP contribution is -2.04. The molecule has 1 heterocycles. The van der Waals surface area contributed by atoms with Gasteiger partial charge in [-0.3, -0.25) is 0 Å². The summed E-state index contributed by atoms with van der Waals surface area (Å²) in [6, 6.07) is 0.646. The zero-order chi connectivity index (χ0) is 10.3. The smallest absolute Gasteiger partial charge is 0.153 e. The van der Waals surface area contributed by atoms with E-state index in [0.717, 1.165) is 11.6 Å². The highest BCUT2D eigenvalue weighted by atomic mass is 15.4. The lowest BCUT2D eigenvalue weighted by Gasteiger charge is -2.05. The fourth-order valence-electron chi connectivity index (χ4n) is 1.58. The molecule has 0 bridgehead atoms. The molecule has 0 radical (unpaired) electrons. The zero-order valence-corrected chi connectivity index (χ0v) is 9.49. The first kappa shape index (κ1) is 9.69. The van der Waals surface area contributed by atoms with E-state index in [1.165, 1.54) is 12.8 Å². The van der Waals surface area contributed by atoms with Crippen molar-refractivity contribution in [3.63, 3.8) is 0 Å². The quantitative estimate of drug-likeness (QED) is 0.739. The molecule has 1 aliphatic carbocycles. The molecule has 0 unspecified atom stereocenters. The van der Waals surface area contributed by atoms with Gasteiger partial charge in [0.15, 0.2) is 5.82 Å². The average Bonchev–Trinajstić information content (AvgIpc) is 2.83. The lowest BCUT2D eigenvalue weighted by molar-refractivity contribution is 0.569. The van der Waals surface area contributed by atoms with Crippen molar-refractivity contribution in [2.24, 2.45) is 0 Å². The Bertz CT molecular complexity index is 302. The molecule has 1 fully saturated rings. The van der Waals surface area contributed by atoms with Crippen LogP contribution in [0.3, 0.4) is 0 Å².